The summed E-state index contributed by atoms with van der Waals surface area (Å²) < 4.78 is 5.48. The first-order chi connectivity index (χ1) is 16.3. The van der Waals surface area contributed by atoms with Gasteiger partial charge in [0.2, 0.25) is 0 Å². The van der Waals surface area contributed by atoms with Gasteiger partial charge >= 0.3 is 5.97 Å². The molecule has 2 saturated heterocycles. The maximum absolute atomic E-state index is 11.8. The van der Waals surface area contributed by atoms with Crippen molar-refractivity contribution in [2.45, 2.75) is 103 Å². The fraction of sp³-hybridized carbons (Fsp3) is 0.862. The first-order valence-corrected chi connectivity index (χ1v) is 14.1. The number of ether oxygens (including phenoxy) is 1. The van der Waals surface area contributed by atoms with Crippen LogP contribution in [0.4, 0.5) is 0 Å². The number of hydrogen-bond acceptors (Lipinski definition) is 5. The van der Waals surface area contributed by atoms with Gasteiger partial charge in [-0.05, 0) is 101 Å². The molecule has 7 atom stereocenters. The van der Waals surface area contributed by atoms with Crippen LogP contribution >= 0.6 is 0 Å². The van der Waals surface area contributed by atoms with Crippen LogP contribution in [0.5, 0.6) is 0 Å². The minimum Gasteiger partial charge on any atom is -0.457 e. The third kappa shape index (κ3) is 5.90. The first kappa shape index (κ1) is 26.2. The lowest BCUT2D eigenvalue weighted by Gasteiger charge is -2.53. The normalized spacial score (nSPS) is 38.6. The quantitative estimate of drug-likeness (QED) is 0.429. The molecule has 0 spiro atoms. The van der Waals surface area contributed by atoms with E-state index in [2.05, 4.69) is 36.1 Å². The van der Waals surface area contributed by atoms with Crippen LogP contribution in [0.25, 0.3) is 0 Å². The molecule has 0 aromatic heterocycles. The van der Waals surface area contributed by atoms with Crippen molar-refractivity contribution in [1.82, 2.24) is 9.80 Å². The summed E-state index contributed by atoms with van der Waals surface area (Å²) >= 11 is 0. The van der Waals surface area contributed by atoms with Gasteiger partial charge in [0.15, 0.2) is 0 Å². The molecule has 0 aromatic carbocycles. The third-order valence-corrected chi connectivity index (χ3v) is 9.39. The SMILES string of the molecule is CC(=O)O[C@@H]1[C][C@@]2(O)[C@H](C)CC[C@@H]([C@H](C)CN3CCCCC3CCN3CCCCC3)[C@H]2C=C1C. The van der Waals surface area contributed by atoms with Crippen molar-refractivity contribution in [3.63, 3.8) is 0 Å². The highest BCUT2D eigenvalue weighted by molar-refractivity contribution is 5.66. The number of carbonyl (C=O) groups excluding carboxylic acids is 1. The number of hydrogen-bond donors (Lipinski definition) is 1. The Labute approximate surface area is 208 Å². The molecule has 3 fully saturated rings. The van der Waals surface area contributed by atoms with Gasteiger partial charge in [-0.25, -0.2) is 0 Å². The molecule has 2 heterocycles. The molecular weight excluding hydrogens is 424 g/mol. The van der Waals surface area contributed by atoms with Crippen LogP contribution in [0.3, 0.4) is 0 Å². The monoisotopic (exact) mass is 472 g/mol. The van der Waals surface area contributed by atoms with Crippen molar-refractivity contribution in [2.24, 2.45) is 23.7 Å². The molecule has 1 saturated carbocycles. The van der Waals surface area contributed by atoms with Crippen molar-refractivity contribution in [3.8, 4) is 0 Å². The number of carbonyl (C=O) groups is 1. The number of nitrogens with zero attached hydrogens (tertiary/aromatic N) is 2. The van der Waals surface area contributed by atoms with E-state index in [-0.39, 0.29) is 17.8 Å². The second kappa shape index (κ2) is 11.4. The molecule has 4 rings (SSSR count). The van der Waals surface area contributed by atoms with Crippen molar-refractivity contribution < 1.29 is 14.6 Å². The maximum atomic E-state index is 11.8. The predicted molar refractivity (Wildman–Crippen MR) is 136 cm³/mol. The van der Waals surface area contributed by atoms with Crippen molar-refractivity contribution in [3.05, 3.63) is 18.1 Å². The van der Waals surface area contributed by atoms with E-state index in [1.165, 1.54) is 78.0 Å². The van der Waals surface area contributed by atoms with E-state index in [1.807, 2.05) is 6.92 Å². The van der Waals surface area contributed by atoms with Crippen molar-refractivity contribution in [2.75, 3.05) is 32.7 Å². The van der Waals surface area contributed by atoms with Gasteiger partial charge in [-0.15, -0.1) is 0 Å². The summed E-state index contributed by atoms with van der Waals surface area (Å²) in [5.74, 6) is 0.786. The standard InChI is InChI=1S/C29H48N2O3/c1-21-18-27-26(12-11-23(3)29(27,33)19-28(21)34-24(4)32)22(2)20-31-16-9-6-10-25(31)13-17-30-14-7-5-8-15-30/h18,22-23,25-28,33H,5-17,20H2,1-4H3/t22-,23-,25?,26+,27-,28-,29-/m1/s1. The second-order valence-corrected chi connectivity index (χ2v) is 11.9. The molecular formula is C29H48N2O3. The summed E-state index contributed by atoms with van der Waals surface area (Å²) in [5.41, 5.74) is -0.0135. The molecule has 2 radical (unpaired) electrons. The molecule has 192 valence electrons. The van der Waals surface area contributed by atoms with E-state index in [1.54, 1.807) is 0 Å². The zero-order valence-electron chi connectivity index (χ0n) is 22.1. The molecule has 5 heteroatoms. The highest BCUT2D eigenvalue weighted by Gasteiger charge is 2.53. The number of fused-ring (bicyclic) bond motifs is 1. The van der Waals surface area contributed by atoms with E-state index in [0.29, 0.717) is 17.9 Å². The Morgan fingerprint density at radius 1 is 1.18 bits per heavy atom. The van der Waals surface area contributed by atoms with E-state index in [4.69, 9.17) is 4.74 Å². The largest absolute Gasteiger partial charge is 0.457 e. The van der Waals surface area contributed by atoms with E-state index in [0.717, 1.165) is 25.0 Å². The van der Waals surface area contributed by atoms with Gasteiger partial charge in [-0.2, -0.15) is 0 Å². The number of rotatable bonds is 7. The second-order valence-electron chi connectivity index (χ2n) is 11.9. The van der Waals surface area contributed by atoms with Crippen LogP contribution in [-0.4, -0.2) is 71.3 Å². The average molecular weight is 473 g/mol. The van der Waals surface area contributed by atoms with E-state index < -0.39 is 11.7 Å². The summed E-state index contributed by atoms with van der Waals surface area (Å²) in [6, 6.07) is 0.703. The van der Waals surface area contributed by atoms with Gasteiger partial charge in [0.05, 0.1) is 12.0 Å². The topological polar surface area (TPSA) is 53.0 Å². The van der Waals surface area contributed by atoms with Gasteiger partial charge < -0.3 is 19.6 Å². The fourth-order valence-corrected chi connectivity index (χ4v) is 7.25. The predicted octanol–water partition coefficient (Wildman–Crippen LogP) is 4.72. The third-order valence-electron chi connectivity index (χ3n) is 9.39. The van der Waals surface area contributed by atoms with Gasteiger partial charge in [0.1, 0.15) is 6.10 Å². The van der Waals surface area contributed by atoms with Crippen molar-refractivity contribution in [1.29, 1.82) is 0 Å². The van der Waals surface area contributed by atoms with E-state index >= 15 is 0 Å². The summed E-state index contributed by atoms with van der Waals surface area (Å²) in [6.07, 6.45) is 16.6. The Kier molecular flexibility index (Phi) is 8.80. The number of likely N-dealkylation sites (tertiary alicyclic amines) is 2. The van der Waals surface area contributed by atoms with E-state index in [9.17, 15) is 9.90 Å². The summed E-state index contributed by atoms with van der Waals surface area (Å²) in [4.78, 5) is 17.1. The number of esters is 1. The Hall–Kier alpha value is -0.910. The highest BCUT2D eigenvalue weighted by atomic mass is 16.5. The summed E-state index contributed by atoms with van der Waals surface area (Å²) in [6.45, 7) is 14.1. The Morgan fingerprint density at radius 2 is 1.91 bits per heavy atom. The Bertz CT molecular complexity index is 718. The summed E-state index contributed by atoms with van der Waals surface area (Å²) in [7, 11) is 0. The van der Waals surface area contributed by atoms with Crippen LogP contribution < -0.4 is 0 Å². The zero-order valence-corrected chi connectivity index (χ0v) is 22.1. The lowest BCUT2D eigenvalue weighted by Crippen LogP contribution is -2.57. The molecule has 0 bridgehead atoms. The first-order valence-electron chi connectivity index (χ1n) is 14.1. The fourth-order valence-electron chi connectivity index (χ4n) is 7.25. The van der Waals surface area contributed by atoms with Gasteiger partial charge in [0.25, 0.3) is 0 Å². The van der Waals surface area contributed by atoms with Crippen LogP contribution in [0.1, 0.15) is 85.5 Å². The highest BCUT2D eigenvalue weighted by Crippen LogP contribution is 2.51. The smallest absolute Gasteiger partial charge is 0.303 e. The van der Waals surface area contributed by atoms with Crippen molar-refractivity contribution >= 4 is 5.97 Å². The molecule has 1 unspecified atom stereocenters. The molecule has 4 aliphatic rings. The molecule has 5 nitrogen and oxygen atoms in total. The minimum atomic E-state index is -1.02. The average Bonchev–Trinajstić information content (AvgIpc) is 2.81. The minimum absolute atomic E-state index is 0.0506. The molecule has 1 N–H and O–H groups in total. The molecule has 2 aliphatic carbocycles. The number of piperidine rings is 2. The molecule has 2 aliphatic heterocycles. The van der Waals surface area contributed by atoms with Gasteiger partial charge in [-0.1, -0.05) is 32.8 Å². The van der Waals surface area contributed by atoms with Gasteiger partial charge in [-0.3, -0.25) is 4.79 Å². The lowest BCUT2D eigenvalue weighted by atomic mass is 9.57. The van der Waals surface area contributed by atoms with Gasteiger partial charge in [0, 0.05) is 25.4 Å². The van der Waals surface area contributed by atoms with Crippen LogP contribution in [0.2, 0.25) is 0 Å². The zero-order chi connectivity index (χ0) is 24.3. The summed E-state index contributed by atoms with van der Waals surface area (Å²) in [5, 5.41) is 11.8. The lowest BCUT2D eigenvalue weighted by molar-refractivity contribution is -0.148. The Morgan fingerprint density at radius 3 is 2.65 bits per heavy atom. The van der Waals surface area contributed by atoms with Crippen LogP contribution in [0, 0.1) is 30.1 Å². The Balaban J connectivity index is 1.42. The molecule has 0 aromatic rings. The molecule has 34 heavy (non-hydrogen) atoms. The van der Waals surface area contributed by atoms with Crippen LogP contribution in [0.15, 0.2) is 11.6 Å². The van der Waals surface area contributed by atoms with Crippen LogP contribution in [-0.2, 0) is 9.53 Å². The number of aliphatic hydroxyl groups is 1. The maximum Gasteiger partial charge on any atom is 0.303 e. The molecule has 0 amide bonds.